The molecule has 0 spiro atoms. The Morgan fingerprint density at radius 3 is 2.76 bits per heavy atom. The summed E-state index contributed by atoms with van der Waals surface area (Å²) in [5.41, 5.74) is 0.865. The third-order valence-electron chi connectivity index (χ3n) is 2.78. The van der Waals surface area contributed by atoms with Crippen molar-refractivity contribution in [3.8, 4) is 28.6 Å². The summed E-state index contributed by atoms with van der Waals surface area (Å²) < 4.78 is 19.1. The first-order valence-electron chi connectivity index (χ1n) is 5.82. The summed E-state index contributed by atoms with van der Waals surface area (Å²) in [4.78, 5) is 4.18. The molecule has 1 heterocycles. The zero-order chi connectivity index (χ0) is 15.0. The van der Waals surface area contributed by atoms with E-state index in [0.717, 1.165) is 0 Å². The molecule has 0 aliphatic rings. The predicted molar refractivity (Wildman–Crippen MR) is 79.5 cm³/mol. The first-order valence-corrected chi connectivity index (χ1v) is 7.00. The van der Waals surface area contributed by atoms with Crippen molar-refractivity contribution in [2.45, 2.75) is 0 Å². The third kappa shape index (κ3) is 2.77. The minimum absolute atomic E-state index is 0.0288. The van der Waals surface area contributed by atoms with Gasteiger partial charge in [-0.15, -0.1) is 0 Å². The molecule has 0 amide bonds. The second-order valence-electron chi connectivity index (χ2n) is 4.21. The highest BCUT2D eigenvalue weighted by atomic mass is 79.9. The van der Waals surface area contributed by atoms with Crippen LogP contribution in [0.5, 0.6) is 5.75 Å². The van der Waals surface area contributed by atoms with Crippen LogP contribution in [-0.4, -0.2) is 15.2 Å². The average Bonchev–Trinajstić information content (AvgIpc) is 2.93. The zero-order valence-corrected chi connectivity index (χ0v) is 12.7. The van der Waals surface area contributed by atoms with E-state index in [2.05, 4.69) is 26.1 Å². The van der Waals surface area contributed by atoms with Crippen molar-refractivity contribution in [3.05, 3.63) is 51.7 Å². The van der Waals surface area contributed by atoms with Crippen LogP contribution in [0.25, 0.3) is 22.8 Å². The number of halogens is 3. The van der Waals surface area contributed by atoms with Gasteiger partial charge in [-0.2, -0.15) is 4.98 Å². The van der Waals surface area contributed by atoms with Crippen molar-refractivity contribution in [1.29, 1.82) is 0 Å². The lowest BCUT2D eigenvalue weighted by molar-refractivity contribution is 0.431. The van der Waals surface area contributed by atoms with E-state index in [1.165, 1.54) is 30.3 Å². The van der Waals surface area contributed by atoms with E-state index in [-0.39, 0.29) is 17.5 Å². The highest BCUT2D eigenvalue weighted by Crippen LogP contribution is 2.33. The van der Waals surface area contributed by atoms with E-state index in [4.69, 9.17) is 16.1 Å². The van der Waals surface area contributed by atoms with Gasteiger partial charge in [-0.1, -0.05) is 32.7 Å². The fraction of sp³-hybridized carbons (Fsp3) is 0. The van der Waals surface area contributed by atoms with Crippen LogP contribution in [0.4, 0.5) is 4.39 Å². The Bertz CT molecular complexity index is 756. The molecule has 0 saturated heterocycles. The molecule has 0 saturated carbocycles. The fourth-order valence-electron chi connectivity index (χ4n) is 1.79. The summed E-state index contributed by atoms with van der Waals surface area (Å²) in [6, 6.07) is 8.56. The molecule has 21 heavy (non-hydrogen) atoms. The molecule has 106 valence electrons. The predicted octanol–water partition coefficient (Wildman–Crippen LogP) is 4.66. The van der Waals surface area contributed by atoms with Crippen molar-refractivity contribution in [2.75, 3.05) is 0 Å². The highest BCUT2D eigenvalue weighted by Gasteiger charge is 2.16. The van der Waals surface area contributed by atoms with E-state index >= 15 is 0 Å². The van der Waals surface area contributed by atoms with Crippen LogP contribution < -0.4 is 0 Å². The Morgan fingerprint density at radius 2 is 1.95 bits per heavy atom. The van der Waals surface area contributed by atoms with Gasteiger partial charge in [0.1, 0.15) is 11.6 Å². The average molecular weight is 370 g/mol. The fourth-order valence-corrected chi connectivity index (χ4v) is 2.41. The van der Waals surface area contributed by atoms with Crippen LogP contribution in [0, 0.1) is 5.82 Å². The maximum Gasteiger partial charge on any atom is 0.259 e. The normalized spacial score (nSPS) is 10.8. The van der Waals surface area contributed by atoms with Crippen LogP contribution >= 0.6 is 27.5 Å². The highest BCUT2D eigenvalue weighted by molar-refractivity contribution is 9.10. The van der Waals surface area contributed by atoms with Crippen molar-refractivity contribution in [3.63, 3.8) is 0 Å². The summed E-state index contributed by atoms with van der Waals surface area (Å²) in [7, 11) is 0. The first-order chi connectivity index (χ1) is 10.0. The molecule has 1 N–H and O–H groups in total. The monoisotopic (exact) mass is 368 g/mol. The Morgan fingerprint density at radius 1 is 1.14 bits per heavy atom. The topological polar surface area (TPSA) is 59.2 Å². The van der Waals surface area contributed by atoms with Crippen molar-refractivity contribution in [1.82, 2.24) is 10.1 Å². The van der Waals surface area contributed by atoms with Gasteiger partial charge in [0.05, 0.1) is 10.6 Å². The number of benzene rings is 2. The van der Waals surface area contributed by atoms with Crippen LogP contribution in [0.3, 0.4) is 0 Å². The van der Waals surface area contributed by atoms with Crippen molar-refractivity contribution >= 4 is 27.5 Å². The molecule has 3 rings (SSSR count). The number of hydrogen-bond acceptors (Lipinski definition) is 4. The Balaban J connectivity index is 2.08. The summed E-state index contributed by atoms with van der Waals surface area (Å²) in [5, 5.41) is 13.7. The number of rotatable bonds is 2. The Labute approximate surface area is 132 Å². The van der Waals surface area contributed by atoms with E-state index < -0.39 is 5.82 Å². The molecule has 4 nitrogen and oxygen atoms in total. The minimum Gasteiger partial charge on any atom is -0.508 e. The number of aromatic hydroxyl groups is 1. The molecule has 3 aromatic rings. The third-order valence-corrected chi connectivity index (χ3v) is 3.80. The summed E-state index contributed by atoms with van der Waals surface area (Å²) in [5.74, 6) is -0.0196. The molecule has 7 heteroatoms. The Hall–Kier alpha value is -1.92. The molecule has 0 bridgehead atoms. The SMILES string of the molecule is Oc1ccc(Cl)c(-c2nc(-c3cc(F)ccc3Br)no2)c1. The smallest absolute Gasteiger partial charge is 0.259 e. The van der Waals surface area contributed by atoms with Gasteiger partial charge in [0.25, 0.3) is 5.89 Å². The lowest BCUT2D eigenvalue weighted by Gasteiger charge is -1.99. The second-order valence-corrected chi connectivity index (χ2v) is 5.47. The van der Waals surface area contributed by atoms with Gasteiger partial charge in [0.2, 0.25) is 5.82 Å². The molecular weight excluding hydrogens is 363 g/mol. The maximum absolute atomic E-state index is 13.3. The van der Waals surface area contributed by atoms with Crippen molar-refractivity contribution < 1.29 is 14.0 Å². The number of phenols is 1. The first kappa shape index (κ1) is 14.0. The lowest BCUT2D eigenvalue weighted by atomic mass is 10.2. The van der Waals surface area contributed by atoms with Gasteiger partial charge in [0.15, 0.2) is 0 Å². The summed E-state index contributed by atoms with van der Waals surface area (Å²) in [6.07, 6.45) is 0. The summed E-state index contributed by atoms with van der Waals surface area (Å²) >= 11 is 9.34. The van der Waals surface area contributed by atoms with E-state index in [9.17, 15) is 9.50 Å². The molecule has 0 fully saturated rings. The van der Waals surface area contributed by atoms with Crippen LogP contribution in [0.2, 0.25) is 5.02 Å². The van der Waals surface area contributed by atoms with E-state index in [1.54, 1.807) is 6.07 Å². The number of aromatic nitrogens is 2. The summed E-state index contributed by atoms with van der Waals surface area (Å²) in [6.45, 7) is 0. The quantitative estimate of drug-likeness (QED) is 0.713. The number of nitrogens with zero attached hydrogens (tertiary/aromatic N) is 2. The van der Waals surface area contributed by atoms with Crippen molar-refractivity contribution in [2.24, 2.45) is 0 Å². The van der Waals surface area contributed by atoms with Crippen LogP contribution in [-0.2, 0) is 0 Å². The second kappa shape index (κ2) is 5.46. The zero-order valence-electron chi connectivity index (χ0n) is 10.3. The standard InChI is InChI=1S/C14H7BrClFN2O2/c15-11-3-1-7(17)5-9(11)13-18-14(21-19-13)10-6-8(20)2-4-12(10)16/h1-6,20H. The van der Waals surface area contributed by atoms with Gasteiger partial charge in [-0.3, -0.25) is 0 Å². The molecule has 0 aliphatic heterocycles. The van der Waals surface area contributed by atoms with Crippen LogP contribution in [0.1, 0.15) is 0 Å². The largest absolute Gasteiger partial charge is 0.508 e. The molecule has 0 radical (unpaired) electrons. The molecule has 0 unspecified atom stereocenters. The molecule has 1 aromatic heterocycles. The van der Waals surface area contributed by atoms with Gasteiger partial charge < -0.3 is 9.63 Å². The van der Waals surface area contributed by atoms with Gasteiger partial charge in [-0.25, -0.2) is 4.39 Å². The van der Waals surface area contributed by atoms with E-state index in [0.29, 0.717) is 20.6 Å². The lowest BCUT2D eigenvalue weighted by Crippen LogP contribution is -1.85. The van der Waals surface area contributed by atoms with Gasteiger partial charge >= 0.3 is 0 Å². The Kier molecular flexibility index (Phi) is 3.65. The van der Waals surface area contributed by atoms with E-state index in [1.807, 2.05) is 0 Å². The number of hydrogen-bond donors (Lipinski definition) is 1. The molecule has 0 atom stereocenters. The van der Waals surface area contributed by atoms with Gasteiger partial charge in [-0.05, 0) is 36.4 Å². The maximum atomic E-state index is 13.3. The molecule has 0 aliphatic carbocycles. The molecule has 2 aromatic carbocycles. The minimum atomic E-state index is -0.407. The molecular formula is C14H7BrClFN2O2. The van der Waals surface area contributed by atoms with Crippen LogP contribution in [0.15, 0.2) is 45.4 Å². The van der Waals surface area contributed by atoms with Gasteiger partial charge in [0, 0.05) is 10.0 Å². The number of phenolic OH excluding ortho intramolecular Hbond substituents is 1.